The summed E-state index contributed by atoms with van der Waals surface area (Å²) in [4.78, 5) is 12.5. The number of H-pyrrole nitrogens is 1. The van der Waals surface area contributed by atoms with Gasteiger partial charge in [0, 0.05) is 17.1 Å². The first-order chi connectivity index (χ1) is 14.5. The van der Waals surface area contributed by atoms with Crippen molar-refractivity contribution in [2.24, 2.45) is 0 Å². The molecule has 6 nitrogen and oxygen atoms in total. The summed E-state index contributed by atoms with van der Waals surface area (Å²) < 4.78 is 1.95. The number of aliphatic hydroxyl groups excluding tert-OH is 1. The second-order valence-corrected chi connectivity index (χ2v) is 7.70. The molecule has 1 amide bonds. The maximum Gasteiger partial charge on any atom is 0.240 e. The molecule has 8 heteroatoms. The molecule has 0 aliphatic heterocycles. The largest absolute Gasteiger partial charge is 0.387 e. The van der Waals surface area contributed by atoms with E-state index in [1.165, 1.54) is 0 Å². The number of amides is 1. The van der Waals surface area contributed by atoms with Crippen LogP contribution in [0, 0.1) is 4.77 Å². The topological polar surface area (TPSA) is 82.9 Å². The van der Waals surface area contributed by atoms with Crippen LogP contribution in [0.2, 0.25) is 5.02 Å². The number of nitrogens with zero attached hydrogens (tertiary/aromatic N) is 2. The van der Waals surface area contributed by atoms with Crippen LogP contribution < -0.4 is 5.32 Å². The van der Waals surface area contributed by atoms with E-state index in [1.807, 2.05) is 54.6 Å². The van der Waals surface area contributed by atoms with Gasteiger partial charge in [-0.05, 0) is 58.9 Å². The molecule has 0 aliphatic rings. The molecule has 3 N–H and O–H groups in total. The van der Waals surface area contributed by atoms with Crippen LogP contribution in [0.25, 0.3) is 22.2 Å². The van der Waals surface area contributed by atoms with E-state index >= 15 is 0 Å². The van der Waals surface area contributed by atoms with E-state index in [9.17, 15) is 9.90 Å². The maximum atomic E-state index is 12.5. The highest BCUT2D eigenvalue weighted by molar-refractivity contribution is 7.71. The Bertz CT molecular complexity index is 1250. The van der Waals surface area contributed by atoms with Gasteiger partial charge >= 0.3 is 0 Å². The maximum absolute atomic E-state index is 12.5. The summed E-state index contributed by atoms with van der Waals surface area (Å²) in [6.45, 7) is 0.0797. The summed E-state index contributed by atoms with van der Waals surface area (Å²) in [5.74, 6) is 0.268. The SMILES string of the molecule is O=C(Cn1c(-c2ccc(Cl)cc2)n[nH]c1=S)NCC(O)c1ccc2ccccc2c1. The first-order valence-corrected chi connectivity index (χ1v) is 10.1. The predicted octanol–water partition coefficient (Wildman–Crippen LogP) is 4.26. The van der Waals surface area contributed by atoms with Crippen LogP contribution in [0.5, 0.6) is 0 Å². The lowest BCUT2D eigenvalue weighted by molar-refractivity contribution is -0.122. The monoisotopic (exact) mass is 438 g/mol. The van der Waals surface area contributed by atoms with Crippen molar-refractivity contribution in [2.75, 3.05) is 6.54 Å². The summed E-state index contributed by atoms with van der Waals surface area (Å²) >= 11 is 11.2. The highest BCUT2D eigenvalue weighted by Gasteiger charge is 2.14. The molecule has 1 heterocycles. The zero-order valence-corrected chi connectivity index (χ0v) is 17.5. The number of rotatable bonds is 6. The number of hydrogen-bond acceptors (Lipinski definition) is 4. The Morgan fingerprint density at radius 1 is 1.13 bits per heavy atom. The van der Waals surface area contributed by atoms with Gasteiger partial charge in [0.25, 0.3) is 0 Å². The number of nitrogens with one attached hydrogen (secondary N) is 2. The Hall–Kier alpha value is -3.00. The average molecular weight is 439 g/mol. The number of halogens is 1. The molecule has 0 saturated carbocycles. The van der Waals surface area contributed by atoms with Crippen LogP contribution in [0.3, 0.4) is 0 Å². The summed E-state index contributed by atoms with van der Waals surface area (Å²) in [5, 5.41) is 22.9. The van der Waals surface area contributed by atoms with Gasteiger partial charge in [0.1, 0.15) is 6.54 Å². The van der Waals surface area contributed by atoms with Gasteiger partial charge in [0.05, 0.1) is 6.10 Å². The fraction of sp³-hybridized carbons (Fsp3) is 0.136. The van der Waals surface area contributed by atoms with Crippen molar-refractivity contribution in [1.29, 1.82) is 0 Å². The zero-order valence-electron chi connectivity index (χ0n) is 15.9. The molecule has 1 aromatic heterocycles. The van der Waals surface area contributed by atoms with Crippen molar-refractivity contribution >= 4 is 40.5 Å². The van der Waals surface area contributed by atoms with E-state index in [0.717, 1.165) is 21.9 Å². The van der Waals surface area contributed by atoms with Crippen LogP contribution in [-0.4, -0.2) is 32.3 Å². The fourth-order valence-electron chi connectivity index (χ4n) is 3.23. The summed E-state index contributed by atoms with van der Waals surface area (Å²) in [7, 11) is 0. The van der Waals surface area contributed by atoms with E-state index in [-0.39, 0.29) is 19.0 Å². The van der Waals surface area contributed by atoms with Crippen molar-refractivity contribution in [3.8, 4) is 11.4 Å². The lowest BCUT2D eigenvalue weighted by Crippen LogP contribution is -2.31. The Labute approximate surface area is 183 Å². The smallest absolute Gasteiger partial charge is 0.240 e. The molecule has 0 aliphatic carbocycles. The number of aromatic amines is 1. The first kappa shape index (κ1) is 20.3. The van der Waals surface area contributed by atoms with Gasteiger partial charge in [0.2, 0.25) is 5.91 Å². The molecule has 0 saturated heterocycles. The normalized spacial score (nSPS) is 12.1. The highest BCUT2D eigenvalue weighted by atomic mass is 35.5. The molecule has 4 aromatic rings. The Morgan fingerprint density at radius 2 is 1.87 bits per heavy atom. The van der Waals surface area contributed by atoms with E-state index in [2.05, 4.69) is 15.5 Å². The standard InChI is InChI=1S/C22H19ClN4O2S/c23-18-9-7-15(8-10-18)21-25-26-22(30)27(21)13-20(29)24-12-19(28)17-6-5-14-3-1-2-4-16(14)11-17/h1-11,19,28H,12-13H2,(H,24,29)(H,26,30). The van der Waals surface area contributed by atoms with E-state index in [4.69, 9.17) is 23.8 Å². The highest BCUT2D eigenvalue weighted by Crippen LogP contribution is 2.21. The van der Waals surface area contributed by atoms with E-state index in [1.54, 1.807) is 16.7 Å². The Kier molecular flexibility index (Phi) is 5.94. The number of aliphatic hydroxyl groups is 1. The molecule has 0 radical (unpaired) electrons. The van der Waals surface area contributed by atoms with Gasteiger partial charge in [-0.1, -0.05) is 48.0 Å². The van der Waals surface area contributed by atoms with Crippen LogP contribution in [0.1, 0.15) is 11.7 Å². The van der Waals surface area contributed by atoms with Crippen LogP contribution >= 0.6 is 23.8 Å². The number of hydrogen-bond donors (Lipinski definition) is 3. The molecular formula is C22H19ClN4O2S. The molecule has 152 valence electrons. The molecule has 1 unspecified atom stereocenters. The van der Waals surface area contributed by atoms with Gasteiger partial charge in [-0.25, -0.2) is 0 Å². The van der Waals surface area contributed by atoms with Crippen LogP contribution in [0.4, 0.5) is 0 Å². The quantitative estimate of drug-likeness (QED) is 0.393. The van der Waals surface area contributed by atoms with E-state index < -0.39 is 6.10 Å². The molecule has 30 heavy (non-hydrogen) atoms. The first-order valence-electron chi connectivity index (χ1n) is 9.36. The van der Waals surface area contributed by atoms with Gasteiger partial charge < -0.3 is 10.4 Å². The Balaban J connectivity index is 1.43. The van der Waals surface area contributed by atoms with Gasteiger partial charge in [-0.15, -0.1) is 0 Å². The minimum absolute atomic E-state index is 0.0161. The van der Waals surface area contributed by atoms with Crippen molar-refractivity contribution in [3.63, 3.8) is 0 Å². The van der Waals surface area contributed by atoms with E-state index in [0.29, 0.717) is 15.6 Å². The number of carbonyl (C=O) groups excluding carboxylic acids is 1. The number of carbonyl (C=O) groups is 1. The second kappa shape index (κ2) is 8.79. The van der Waals surface area contributed by atoms with Crippen LogP contribution in [-0.2, 0) is 11.3 Å². The fourth-order valence-corrected chi connectivity index (χ4v) is 3.55. The number of benzene rings is 3. The van der Waals surface area contributed by atoms with Gasteiger partial charge in [-0.2, -0.15) is 5.10 Å². The second-order valence-electron chi connectivity index (χ2n) is 6.87. The molecule has 0 spiro atoms. The van der Waals surface area contributed by atoms with Crippen molar-refractivity contribution < 1.29 is 9.90 Å². The number of aromatic nitrogens is 3. The zero-order chi connectivity index (χ0) is 21.1. The summed E-state index contributed by atoms with van der Waals surface area (Å²) in [6, 6.07) is 20.8. The minimum Gasteiger partial charge on any atom is -0.387 e. The third-order valence-electron chi connectivity index (χ3n) is 4.81. The molecule has 0 fully saturated rings. The predicted molar refractivity (Wildman–Crippen MR) is 120 cm³/mol. The average Bonchev–Trinajstić information content (AvgIpc) is 3.12. The molecular weight excluding hydrogens is 420 g/mol. The molecule has 4 rings (SSSR count). The third kappa shape index (κ3) is 4.43. The lowest BCUT2D eigenvalue weighted by Gasteiger charge is -2.14. The lowest BCUT2D eigenvalue weighted by atomic mass is 10.0. The summed E-state index contributed by atoms with van der Waals surface area (Å²) in [5.41, 5.74) is 1.53. The third-order valence-corrected chi connectivity index (χ3v) is 5.38. The molecule has 1 atom stereocenters. The van der Waals surface area contributed by atoms with Gasteiger partial charge in [-0.3, -0.25) is 14.5 Å². The molecule has 3 aromatic carbocycles. The van der Waals surface area contributed by atoms with Crippen molar-refractivity contribution in [3.05, 3.63) is 82.1 Å². The Morgan fingerprint density at radius 3 is 2.63 bits per heavy atom. The summed E-state index contributed by atoms with van der Waals surface area (Å²) in [6.07, 6.45) is -0.813. The van der Waals surface area contributed by atoms with Gasteiger partial charge in [0.15, 0.2) is 10.6 Å². The van der Waals surface area contributed by atoms with Crippen molar-refractivity contribution in [1.82, 2.24) is 20.1 Å². The van der Waals surface area contributed by atoms with Crippen LogP contribution in [0.15, 0.2) is 66.7 Å². The number of fused-ring (bicyclic) bond motifs is 1. The molecule has 0 bridgehead atoms. The minimum atomic E-state index is -0.813. The van der Waals surface area contributed by atoms with Crippen molar-refractivity contribution in [2.45, 2.75) is 12.6 Å².